The number of carbonyl (C=O) groups is 1. The molecule has 0 fully saturated rings. The predicted octanol–water partition coefficient (Wildman–Crippen LogP) is 2.87. The van der Waals surface area contributed by atoms with E-state index in [9.17, 15) is 4.79 Å². The number of aryl methyl sites for hydroxylation is 2. The van der Waals surface area contributed by atoms with Gasteiger partial charge < -0.3 is 15.1 Å². The first kappa shape index (κ1) is 13.4. The number of furan rings is 1. The van der Waals surface area contributed by atoms with Crippen LogP contribution in [0, 0.1) is 13.8 Å². The van der Waals surface area contributed by atoms with E-state index in [0.717, 1.165) is 22.6 Å². The van der Waals surface area contributed by atoms with Gasteiger partial charge in [-0.2, -0.15) is 0 Å². The first-order valence-corrected chi connectivity index (χ1v) is 6.21. The van der Waals surface area contributed by atoms with Gasteiger partial charge in [0.15, 0.2) is 5.76 Å². The molecular formula is C15H18N2O2. The Kier molecular flexibility index (Phi) is 4.02. The Balaban J connectivity index is 2.11. The van der Waals surface area contributed by atoms with Crippen molar-refractivity contribution in [1.82, 2.24) is 5.32 Å². The summed E-state index contributed by atoms with van der Waals surface area (Å²) in [5, 5.41) is 5.82. The molecule has 1 amide bonds. The maximum Gasteiger partial charge on any atom is 0.291 e. The fraction of sp³-hybridized carbons (Fsp3) is 0.267. The number of hydrogen-bond donors (Lipinski definition) is 2. The minimum Gasteiger partial charge on any atom is -0.455 e. The third kappa shape index (κ3) is 3.45. The Morgan fingerprint density at radius 1 is 1.16 bits per heavy atom. The molecule has 4 heteroatoms. The summed E-state index contributed by atoms with van der Waals surface area (Å²) < 4.78 is 5.44. The summed E-state index contributed by atoms with van der Waals surface area (Å²) >= 11 is 0. The second kappa shape index (κ2) is 5.71. The summed E-state index contributed by atoms with van der Waals surface area (Å²) in [6.07, 6.45) is 0. The van der Waals surface area contributed by atoms with Gasteiger partial charge in [-0.15, -0.1) is 0 Å². The fourth-order valence-electron chi connectivity index (χ4n) is 2.01. The molecule has 0 spiro atoms. The molecule has 0 aliphatic carbocycles. The van der Waals surface area contributed by atoms with Crippen molar-refractivity contribution in [1.29, 1.82) is 0 Å². The van der Waals surface area contributed by atoms with E-state index >= 15 is 0 Å². The summed E-state index contributed by atoms with van der Waals surface area (Å²) in [4.78, 5) is 12.0. The van der Waals surface area contributed by atoms with Crippen LogP contribution in [0.2, 0.25) is 0 Å². The minimum absolute atomic E-state index is 0.229. The van der Waals surface area contributed by atoms with Gasteiger partial charge in [0.05, 0.1) is 6.54 Å². The maximum atomic E-state index is 12.0. The highest BCUT2D eigenvalue weighted by atomic mass is 16.4. The lowest BCUT2D eigenvalue weighted by Gasteiger charge is -2.06. The van der Waals surface area contributed by atoms with Gasteiger partial charge in [-0.25, -0.2) is 0 Å². The van der Waals surface area contributed by atoms with Gasteiger partial charge in [-0.3, -0.25) is 4.79 Å². The van der Waals surface area contributed by atoms with Crippen LogP contribution in [-0.4, -0.2) is 13.0 Å². The van der Waals surface area contributed by atoms with E-state index in [2.05, 4.69) is 16.7 Å². The molecule has 0 radical (unpaired) electrons. The zero-order valence-electron chi connectivity index (χ0n) is 11.4. The molecule has 100 valence electrons. The van der Waals surface area contributed by atoms with Crippen molar-refractivity contribution in [2.24, 2.45) is 0 Å². The highest BCUT2D eigenvalue weighted by Gasteiger charge is 2.11. The van der Waals surface area contributed by atoms with Crippen molar-refractivity contribution >= 4 is 11.6 Å². The van der Waals surface area contributed by atoms with Crippen LogP contribution in [-0.2, 0) is 6.54 Å². The van der Waals surface area contributed by atoms with Crippen LogP contribution in [0.3, 0.4) is 0 Å². The summed E-state index contributed by atoms with van der Waals surface area (Å²) in [5.41, 5.74) is 3.02. The molecule has 0 aliphatic heterocycles. The largest absolute Gasteiger partial charge is 0.455 e. The fourth-order valence-corrected chi connectivity index (χ4v) is 2.01. The minimum atomic E-state index is -0.229. The second-order valence-electron chi connectivity index (χ2n) is 4.63. The van der Waals surface area contributed by atoms with Crippen LogP contribution in [0.15, 0.2) is 34.7 Å². The molecule has 0 atom stereocenters. The molecule has 2 aromatic rings. The van der Waals surface area contributed by atoms with Gasteiger partial charge in [0.25, 0.3) is 5.91 Å². The summed E-state index contributed by atoms with van der Waals surface area (Å²) in [7, 11) is 1.83. The van der Waals surface area contributed by atoms with E-state index in [4.69, 9.17) is 4.42 Å². The second-order valence-corrected chi connectivity index (χ2v) is 4.63. The lowest BCUT2D eigenvalue weighted by Crippen LogP contribution is -2.11. The van der Waals surface area contributed by atoms with Gasteiger partial charge in [0.1, 0.15) is 5.76 Å². The molecule has 0 bridgehead atoms. The van der Waals surface area contributed by atoms with E-state index < -0.39 is 0 Å². The van der Waals surface area contributed by atoms with E-state index in [0.29, 0.717) is 12.3 Å². The highest BCUT2D eigenvalue weighted by Crippen LogP contribution is 2.16. The molecular weight excluding hydrogens is 240 g/mol. The zero-order valence-corrected chi connectivity index (χ0v) is 11.4. The molecule has 1 aromatic heterocycles. The van der Waals surface area contributed by atoms with E-state index in [-0.39, 0.29) is 5.91 Å². The third-order valence-electron chi connectivity index (χ3n) is 2.72. The Bertz CT molecular complexity index is 567. The Morgan fingerprint density at radius 2 is 1.84 bits per heavy atom. The van der Waals surface area contributed by atoms with Crippen LogP contribution in [0.25, 0.3) is 0 Å². The van der Waals surface area contributed by atoms with Crippen molar-refractivity contribution in [2.45, 2.75) is 20.4 Å². The van der Waals surface area contributed by atoms with Crippen LogP contribution in [0.5, 0.6) is 0 Å². The van der Waals surface area contributed by atoms with Crippen LogP contribution in [0.1, 0.15) is 27.4 Å². The first-order valence-electron chi connectivity index (χ1n) is 6.21. The van der Waals surface area contributed by atoms with Gasteiger partial charge in [0.2, 0.25) is 0 Å². The summed E-state index contributed by atoms with van der Waals surface area (Å²) in [5.74, 6) is 0.838. The average molecular weight is 258 g/mol. The summed E-state index contributed by atoms with van der Waals surface area (Å²) in [6.45, 7) is 4.61. The van der Waals surface area contributed by atoms with Crippen molar-refractivity contribution in [2.75, 3.05) is 12.4 Å². The van der Waals surface area contributed by atoms with Crippen molar-refractivity contribution in [3.05, 3.63) is 53.0 Å². The van der Waals surface area contributed by atoms with Crippen LogP contribution in [0.4, 0.5) is 5.69 Å². The number of anilines is 1. The monoisotopic (exact) mass is 258 g/mol. The number of carbonyl (C=O) groups excluding carboxylic acids is 1. The van der Waals surface area contributed by atoms with E-state index in [1.807, 2.05) is 33.0 Å². The van der Waals surface area contributed by atoms with E-state index in [1.165, 1.54) is 0 Å². The quantitative estimate of drug-likeness (QED) is 0.886. The number of benzene rings is 1. The van der Waals surface area contributed by atoms with Gasteiger partial charge in [-0.1, -0.05) is 6.07 Å². The van der Waals surface area contributed by atoms with Gasteiger partial charge in [0, 0.05) is 5.69 Å². The zero-order chi connectivity index (χ0) is 13.8. The molecule has 0 unspecified atom stereocenters. The third-order valence-corrected chi connectivity index (χ3v) is 2.72. The summed E-state index contributed by atoms with van der Waals surface area (Å²) in [6, 6.07) is 9.41. The SMILES string of the molecule is CNCc1ccc(C(=O)Nc2cc(C)cc(C)c2)o1. The molecule has 0 saturated carbocycles. The number of nitrogens with one attached hydrogen (secondary N) is 2. The highest BCUT2D eigenvalue weighted by molar-refractivity contribution is 6.02. The molecule has 0 aliphatic rings. The molecule has 2 rings (SSSR count). The number of hydrogen-bond acceptors (Lipinski definition) is 3. The van der Waals surface area contributed by atoms with Crippen molar-refractivity contribution < 1.29 is 9.21 Å². The van der Waals surface area contributed by atoms with E-state index in [1.54, 1.807) is 12.1 Å². The van der Waals surface area contributed by atoms with Crippen LogP contribution >= 0.6 is 0 Å². The predicted molar refractivity (Wildman–Crippen MR) is 75.3 cm³/mol. The van der Waals surface area contributed by atoms with Gasteiger partial charge >= 0.3 is 0 Å². The average Bonchev–Trinajstić information content (AvgIpc) is 2.76. The molecule has 1 aromatic carbocycles. The maximum absolute atomic E-state index is 12.0. The molecule has 2 N–H and O–H groups in total. The van der Waals surface area contributed by atoms with Crippen LogP contribution < -0.4 is 10.6 Å². The Labute approximate surface area is 112 Å². The van der Waals surface area contributed by atoms with Crippen molar-refractivity contribution in [3.63, 3.8) is 0 Å². The first-order chi connectivity index (χ1) is 9.08. The number of rotatable bonds is 4. The molecule has 19 heavy (non-hydrogen) atoms. The Morgan fingerprint density at radius 3 is 2.47 bits per heavy atom. The number of amides is 1. The lowest BCUT2D eigenvalue weighted by molar-refractivity contribution is 0.0995. The topological polar surface area (TPSA) is 54.3 Å². The molecule has 1 heterocycles. The smallest absolute Gasteiger partial charge is 0.291 e. The Hall–Kier alpha value is -2.07. The standard InChI is InChI=1S/C15H18N2O2/c1-10-6-11(2)8-12(7-10)17-15(18)14-5-4-13(19-14)9-16-3/h4-8,16H,9H2,1-3H3,(H,17,18). The van der Waals surface area contributed by atoms with Gasteiger partial charge in [-0.05, 0) is 56.3 Å². The normalized spacial score (nSPS) is 10.5. The lowest BCUT2D eigenvalue weighted by atomic mass is 10.1. The molecule has 0 saturated heterocycles. The molecule has 4 nitrogen and oxygen atoms in total. The van der Waals surface area contributed by atoms with Crippen molar-refractivity contribution in [3.8, 4) is 0 Å².